The molecule has 2 amide bonds. The van der Waals surface area contributed by atoms with Gasteiger partial charge in [-0.2, -0.15) is 0 Å². The maximum absolute atomic E-state index is 12.8. The van der Waals surface area contributed by atoms with E-state index in [9.17, 15) is 9.59 Å². The van der Waals surface area contributed by atoms with Gasteiger partial charge >= 0.3 is 0 Å². The van der Waals surface area contributed by atoms with Gasteiger partial charge in [-0.15, -0.1) is 0 Å². The summed E-state index contributed by atoms with van der Waals surface area (Å²) in [6.07, 6.45) is 0.195. The topological polar surface area (TPSA) is 61.9 Å². The number of hydrogen-bond acceptors (Lipinski definition) is 4. The van der Waals surface area contributed by atoms with Crippen molar-refractivity contribution in [2.24, 2.45) is 5.92 Å². The standard InChI is InChI=1S/C22H27N3O3/c1-4-24(3)18-10-8-9-17(14-18)23-22(27)16-13-21(26)25(15-16)19-11-6-7-12-20(19)28-5-2/h6-12,14,16H,4-5,13,15H2,1-3H3,(H,23,27). The largest absolute Gasteiger partial charge is 0.492 e. The van der Waals surface area contributed by atoms with E-state index in [4.69, 9.17) is 4.74 Å². The molecular weight excluding hydrogens is 354 g/mol. The van der Waals surface area contributed by atoms with Crippen LogP contribution < -0.4 is 19.9 Å². The summed E-state index contributed by atoms with van der Waals surface area (Å²) in [5, 5.41) is 2.96. The molecule has 3 rings (SSSR count). The highest BCUT2D eigenvalue weighted by Gasteiger charge is 2.36. The van der Waals surface area contributed by atoms with Crippen molar-refractivity contribution in [1.82, 2.24) is 0 Å². The molecule has 2 aromatic rings. The predicted octanol–water partition coefficient (Wildman–Crippen LogP) is 3.53. The van der Waals surface area contributed by atoms with Gasteiger partial charge in [0.2, 0.25) is 11.8 Å². The molecule has 0 spiro atoms. The number of ether oxygens (including phenoxy) is 1. The average molecular weight is 381 g/mol. The summed E-state index contributed by atoms with van der Waals surface area (Å²) in [7, 11) is 2.00. The van der Waals surface area contributed by atoms with Crippen molar-refractivity contribution in [2.45, 2.75) is 20.3 Å². The Labute approximate surface area is 166 Å². The zero-order chi connectivity index (χ0) is 20.1. The molecule has 1 heterocycles. The van der Waals surface area contributed by atoms with Gasteiger partial charge in [-0.1, -0.05) is 18.2 Å². The zero-order valence-electron chi connectivity index (χ0n) is 16.6. The number of anilines is 3. The van der Waals surface area contributed by atoms with E-state index in [1.165, 1.54) is 0 Å². The lowest BCUT2D eigenvalue weighted by molar-refractivity contribution is -0.122. The van der Waals surface area contributed by atoms with Crippen molar-refractivity contribution in [1.29, 1.82) is 0 Å². The van der Waals surface area contributed by atoms with Gasteiger partial charge in [0.25, 0.3) is 0 Å². The third-order valence-corrected chi connectivity index (χ3v) is 4.98. The molecule has 0 aromatic heterocycles. The quantitative estimate of drug-likeness (QED) is 0.797. The Bertz CT molecular complexity index is 852. The van der Waals surface area contributed by atoms with E-state index in [1.54, 1.807) is 4.90 Å². The van der Waals surface area contributed by atoms with E-state index >= 15 is 0 Å². The van der Waals surface area contributed by atoms with Crippen molar-refractivity contribution < 1.29 is 14.3 Å². The highest BCUT2D eigenvalue weighted by atomic mass is 16.5. The molecule has 1 unspecified atom stereocenters. The lowest BCUT2D eigenvalue weighted by Crippen LogP contribution is -2.28. The van der Waals surface area contributed by atoms with Crippen LogP contribution in [0, 0.1) is 5.92 Å². The van der Waals surface area contributed by atoms with Crippen LogP contribution in [-0.4, -0.2) is 38.6 Å². The number of benzene rings is 2. The molecule has 1 fully saturated rings. The third kappa shape index (κ3) is 4.27. The lowest BCUT2D eigenvalue weighted by Gasteiger charge is -2.20. The first-order valence-electron chi connectivity index (χ1n) is 9.67. The van der Waals surface area contributed by atoms with E-state index in [2.05, 4.69) is 17.1 Å². The van der Waals surface area contributed by atoms with Crippen LogP contribution in [-0.2, 0) is 9.59 Å². The summed E-state index contributed by atoms with van der Waals surface area (Å²) in [5.41, 5.74) is 2.50. The fourth-order valence-electron chi connectivity index (χ4n) is 3.32. The van der Waals surface area contributed by atoms with Crippen LogP contribution in [0.1, 0.15) is 20.3 Å². The second-order valence-electron chi connectivity index (χ2n) is 6.86. The van der Waals surface area contributed by atoms with Crippen LogP contribution in [0.3, 0.4) is 0 Å². The fourth-order valence-corrected chi connectivity index (χ4v) is 3.32. The summed E-state index contributed by atoms with van der Waals surface area (Å²) in [6, 6.07) is 15.2. The smallest absolute Gasteiger partial charge is 0.229 e. The Morgan fingerprint density at radius 2 is 2.00 bits per heavy atom. The molecule has 0 radical (unpaired) electrons. The number of nitrogens with zero attached hydrogens (tertiary/aromatic N) is 2. The van der Waals surface area contributed by atoms with Crippen molar-refractivity contribution in [3.8, 4) is 5.75 Å². The van der Waals surface area contributed by atoms with Crippen molar-refractivity contribution in [3.05, 3.63) is 48.5 Å². The predicted molar refractivity (Wildman–Crippen MR) is 112 cm³/mol. The first-order chi connectivity index (χ1) is 13.5. The summed E-state index contributed by atoms with van der Waals surface area (Å²) >= 11 is 0. The van der Waals surface area contributed by atoms with Crippen molar-refractivity contribution >= 4 is 28.9 Å². The lowest BCUT2D eigenvalue weighted by atomic mass is 10.1. The Balaban J connectivity index is 1.71. The van der Waals surface area contributed by atoms with Gasteiger partial charge in [-0.25, -0.2) is 0 Å². The normalized spacial score (nSPS) is 16.2. The number of carbonyl (C=O) groups excluding carboxylic acids is 2. The Morgan fingerprint density at radius 1 is 1.21 bits per heavy atom. The first kappa shape index (κ1) is 19.7. The van der Waals surface area contributed by atoms with Crippen LogP contribution >= 0.6 is 0 Å². The Morgan fingerprint density at radius 3 is 2.75 bits per heavy atom. The van der Waals surface area contributed by atoms with E-state index in [-0.39, 0.29) is 18.2 Å². The summed E-state index contributed by atoms with van der Waals surface area (Å²) in [6.45, 7) is 5.73. The van der Waals surface area contributed by atoms with Gasteiger partial charge in [0, 0.05) is 37.9 Å². The number of nitrogens with one attached hydrogen (secondary N) is 1. The van der Waals surface area contributed by atoms with Gasteiger partial charge in [-0.05, 0) is 44.2 Å². The summed E-state index contributed by atoms with van der Waals surface area (Å²) < 4.78 is 5.64. The van der Waals surface area contributed by atoms with Gasteiger partial charge in [0.1, 0.15) is 5.75 Å². The van der Waals surface area contributed by atoms with Gasteiger partial charge in [0.15, 0.2) is 0 Å². The van der Waals surface area contributed by atoms with Crippen LogP contribution in [0.2, 0.25) is 0 Å². The minimum Gasteiger partial charge on any atom is -0.492 e. The number of para-hydroxylation sites is 2. The number of rotatable bonds is 7. The minimum atomic E-state index is -0.394. The van der Waals surface area contributed by atoms with Crippen LogP contribution in [0.15, 0.2) is 48.5 Å². The molecule has 1 atom stereocenters. The molecule has 2 aromatic carbocycles. The molecule has 6 nitrogen and oxygen atoms in total. The van der Waals surface area contributed by atoms with Crippen LogP contribution in [0.4, 0.5) is 17.1 Å². The molecule has 1 saturated heterocycles. The molecule has 1 aliphatic heterocycles. The van der Waals surface area contributed by atoms with Crippen molar-refractivity contribution in [2.75, 3.05) is 41.9 Å². The number of amides is 2. The van der Waals surface area contributed by atoms with Gasteiger partial charge in [0.05, 0.1) is 18.2 Å². The highest BCUT2D eigenvalue weighted by molar-refractivity contribution is 6.04. The zero-order valence-corrected chi connectivity index (χ0v) is 16.6. The van der Waals surface area contributed by atoms with Crippen LogP contribution in [0.5, 0.6) is 5.75 Å². The fraction of sp³-hybridized carbons (Fsp3) is 0.364. The molecule has 1 N–H and O–H groups in total. The van der Waals surface area contributed by atoms with Gasteiger partial charge in [-0.3, -0.25) is 9.59 Å². The first-order valence-corrected chi connectivity index (χ1v) is 9.67. The average Bonchev–Trinajstić information content (AvgIpc) is 3.10. The molecule has 28 heavy (non-hydrogen) atoms. The Kier molecular flexibility index (Phi) is 6.19. The maximum Gasteiger partial charge on any atom is 0.229 e. The summed E-state index contributed by atoms with van der Waals surface area (Å²) in [4.78, 5) is 29.1. The maximum atomic E-state index is 12.8. The van der Waals surface area contributed by atoms with Crippen molar-refractivity contribution in [3.63, 3.8) is 0 Å². The molecule has 0 saturated carbocycles. The SMILES string of the molecule is CCOc1ccccc1N1CC(C(=O)Nc2cccc(N(C)CC)c2)CC1=O. The molecule has 6 heteroatoms. The third-order valence-electron chi connectivity index (χ3n) is 4.98. The van der Waals surface area contributed by atoms with Crippen LogP contribution in [0.25, 0.3) is 0 Å². The molecule has 0 bridgehead atoms. The van der Waals surface area contributed by atoms with Gasteiger partial charge < -0.3 is 19.9 Å². The molecule has 148 valence electrons. The summed E-state index contributed by atoms with van der Waals surface area (Å²) in [5.74, 6) is 0.0669. The minimum absolute atomic E-state index is 0.0632. The van der Waals surface area contributed by atoms with E-state index in [0.29, 0.717) is 18.9 Å². The molecule has 0 aliphatic carbocycles. The van der Waals surface area contributed by atoms with E-state index in [1.807, 2.05) is 62.5 Å². The molecular formula is C22H27N3O3. The molecule has 1 aliphatic rings. The number of hydrogen-bond donors (Lipinski definition) is 1. The number of carbonyl (C=O) groups is 2. The monoisotopic (exact) mass is 381 g/mol. The van der Waals surface area contributed by atoms with E-state index in [0.717, 1.165) is 23.6 Å². The Hall–Kier alpha value is -3.02. The second kappa shape index (κ2) is 8.78. The van der Waals surface area contributed by atoms with E-state index < -0.39 is 5.92 Å². The highest BCUT2D eigenvalue weighted by Crippen LogP contribution is 2.33. The second-order valence-corrected chi connectivity index (χ2v) is 6.86.